The maximum Gasteiger partial charge on any atom is 0.234 e. The number of nitrogens with zero attached hydrogens (tertiary/aromatic N) is 2. The molecule has 130 valence electrons. The Balaban J connectivity index is 1.58. The third-order valence-electron chi connectivity index (χ3n) is 5.42. The molecular formula is C21H24N2O2. The van der Waals surface area contributed by atoms with Gasteiger partial charge < -0.3 is 9.64 Å². The van der Waals surface area contributed by atoms with Gasteiger partial charge in [0, 0.05) is 31.8 Å². The number of rotatable bonds is 3. The Morgan fingerprint density at radius 2 is 1.96 bits per heavy atom. The van der Waals surface area contributed by atoms with E-state index in [1.807, 2.05) is 30.0 Å². The van der Waals surface area contributed by atoms with Crippen LogP contribution in [0, 0.1) is 5.92 Å². The maximum atomic E-state index is 13.1. The highest BCUT2D eigenvalue weighted by atomic mass is 16.5. The lowest BCUT2D eigenvalue weighted by Crippen LogP contribution is -2.58. The van der Waals surface area contributed by atoms with Crippen LogP contribution in [0.25, 0.3) is 0 Å². The SMILES string of the molecule is COC1=CC=C(C)C2C(=O)N3CCN(Cc4ccccc4)CC3C=C12. The summed E-state index contributed by atoms with van der Waals surface area (Å²) >= 11 is 0. The van der Waals surface area contributed by atoms with E-state index in [0.29, 0.717) is 0 Å². The maximum absolute atomic E-state index is 13.1. The normalized spacial score (nSPS) is 26.2. The van der Waals surface area contributed by atoms with E-state index in [1.165, 1.54) is 5.56 Å². The van der Waals surface area contributed by atoms with E-state index < -0.39 is 0 Å². The first kappa shape index (κ1) is 16.2. The summed E-state index contributed by atoms with van der Waals surface area (Å²) in [4.78, 5) is 17.6. The van der Waals surface area contributed by atoms with Gasteiger partial charge in [-0.3, -0.25) is 9.69 Å². The number of methoxy groups -OCH3 is 1. The van der Waals surface area contributed by atoms with Crippen LogP contribution in [0.5, 0.6) is 0 Å². The topological polar surface area (TPSA) is 32.8 Å². The van der Waals surface area contributed by atoms with E-state index >= 15 is 0 Å². The molecule has 1 aromatic rings. The Hall–Kier alpha value is -2.33. The van der Waals surface area contributed by atoms with Crippen LogP contribution in [0.3, 0.4) is 0 Å². The predicted molar refractivity (Wildman–Crippen MR) is 97.6 cm³/mol. The van der Waals surface area contributed by atoms with Crippen molar-refractivity contribution in [2.24, 2.45) is 5.92 Å². The molecule has 4 rings (SSSR count). The van der Waals surface area contributed by atoms with Crippen molar-refractivity contribution in [3.8, 4) is 0 Å². The molecule has 2 aliphatic heterocycles. The second kappa shape index (κ2) is 6.52. The molecule has 4 heteroatoms. The van der Waals surface area contributed by atoms with E-state index in [0.717, 1.165) is 43.1 Å². The standard InChI is InChI=1S/C21H24N2O2/c1-15-8-9-19(25-2)18-12-17-14-22(13-16-6-4-3-5-7-16)10-11-23(17)21(24)20(15)18/h3-9,12,17,20H,10-11,13-14H2,1-2H3. The number of amides is 1. The molecule has 1 aromatic carbocycles. The number of carbonyl (C=O) groups is 1. The molecule has 1 aliphatic carbocycles. The summed E-state index contributed by atoms with van der Waals surface area (Å²) in [5.74, 6) is 0.874. The van der Waals surface area contributed by atoms with Crippen molar-refractivity contribution >= 4 is 5.91 Å². The van der Waals surface area contributed by atoms with Crippen LogP contribution in [0.1, 0.15) is 12.5 Å². The van der Waals surface area contributed by atoms with Gasteiger partial charge in [-0.25, -0.2) is 0 Å². The van der Waals surface area contributed by atoms with Crippen LogP contribution in [0.15, 0.2) is 65.5 Å². The molecule has 0 aromatic heterocycles. The van der Waals surface area contributed by atoms with Crippen molar-refractivity contribution < 1.29 is 9.53 Å². The van der Waals surface area contributed by atoms with Crippen LogP contribution in [0.4, 0.5) is 0 Å². The first-order valence-corrected chi connectivity index (χ1v) is 8.88. The van der Waals surface area contributed by atoms with Gasteiger partial charge in [-0.05, 0) is 18.6 Å². The molecule has 0 bridgehead atoms. The lowest BCUT2D eigenvalue weighted by atomic mass is 9.80. The molecule has 0 saturated carbocycles. The highest BCUT2D eigenvalue weighted by Crippen LogP contribution is 2.37. The minimum atomic E-state index is -0.170. The molecule has 1 saturated heterocycles. The number of carbonyl (C=O) groups excluding carboxylic acids is 1. The summed E-state index contributed by atoms with van der Waals surface area (Å²) in [6.45, 7) is 5.54. The van der Waals surface area contributed by atoms with E-state index in [9.17, 15) is 4.79 Å². The van der Waals surface area contributed by atoms with Crippen molar-refractivity contribution in [1.29, 1.82) is 0 Å². The molecule has 4 nitrogen and oxygen atoms in total. The van der Waals surface area contributed by atoms with Crippen molar-refractivity contribution in [1.82, 2.24) is 9.80 Å². The third kappa shape index (κ3) is 2.91. The van der Waals surface area contributed by atoms with Crippen molar-refractivity contribution in [2.75, 3.05) is 26.7 Å². The minimum absolute atomic E-state index is 0.126. The zero-order valence-corrected chi connectivity index (χ0v) is 14.8. The highest BCUT2D eigenvalue weighted by molar-refractivity contribution is 5.88. The van der Waals surface area contributed by atoms with Gasteiger partial charge in [0.25, 0.3) is 0 Å². The number of allylic oxidation sites excluding steroid dienone is 3. The molecule has 3 aliphatic rings. The molecule has 0 radical (unpaired) electrons. The second-order valence-electron chi connectivity index (χ2n) is 7.02. The van der Waals surface area contributed by atoms with Gasteiger partial charge >= 0.3 is 0 Å². The van der Waals surface area contributed by atoms with E-state index in [1.54, 1.807) is 7.11 Å². The number of ether oxygens (including phenoxy) is 1. The molecule has 0 spiro atoms. The third-order valence-corrected chi connectivity index (χ3v) is 5.42. The van der Waals surface area contributed by atoms with Gasteiger partial charge in [0.05, 0.1) is 19.1 Å². The largest absolute Gasteiger partial charge is 0.496 e. The Kier molecular flexibility index (Phi) is 4.22. The summed E-state index contributed by atoms with van der Waals surface area (Å²) in [6, 6.07) is 10.6. The van der Waals surface area contributed by atoms with Crippen LogP contribution in [-0.2, 0) is 16.1 Å². The Bertz CT molecular complexity index is 763. The Morgan fingerprint density at radius 3 is 2.72 bits per heavy atom. The van der Waals surface area contributed by atoms with Gasteiger partial charge in [-0.2, -0.15) is 0 Å². The number of fused-ring (bicyclic) bond motifs is 2. The fourth-order valence-electron chi connectivity index (χ4n) is 4.12. The van der Waals surface area contributed by atoms with Gasteiger partial charge in [-0.15, -0.1) is 0 Å². The molecule has 2 heterocycles. The monoisotopic (exact) mass is 336 g/mol. The van der Waals surface area contributed by atoms with Crippen LogP contribution in [0.2, 0.25) is 0 Å². The number of hydrogen-bond donors (Lipinski definition) is 0. The first-order valence-electron chi connectivity index (χ1n) is 8.88. The van der Waals surface area contributed by atoms with Gasteiger partial charge in [0.1, 0.15) is 5.76 Å². The fraction of sp³-hybridized carbons (Fsp3) is 0.381. The average Bonchev–Trinajstić information content (AvgIpc) is 2.63. The van der Waals surface area contributed by atoms with E-state index in [4.69, 9.17) is 4.74 Å². The summed E-state index contributed by atoms with van der Waals surface area (Å²) in [5.41, 5.74) is 3.45. The molecule has 1 amide bonds. The molecule has 2 atom stereocenters. The summed E-state index contributed by atoms with van der Waals surface area (Å²) in [5, 5.41) is 0. The molecule has 25 heavy (non-hydrogen) atoms. The number of hydrogen-bond acceptors (Lipinski definition) is 3. The first-order chi connectivity index (χ1) is 12.2. The molecule has 1 fully saturated rings. The van der Waals surface area contributed by atoms with Gasteiger partial charge in [0.15, 0.2) is 0 Å². The van der Waals surface area contributed by atoms with Crippen LogP contribution in [-0.4, -0.2) is 48.5 Å². The fourth-order valence-corrected chi connectivity index (χ4v) is 4.12. The minimum Gasteiger partial charge on any atom is -0.496 e. The van der Waals surface area contributed by atoms with Crippen LogP contribution < -0.4 is 0 Å². The van der Waals surface area contributed by atoms with E-state index in [2.05, 4.69) is 35.2 Å². The predicted octanol–water partition coefficient (Wildman–Crippen LogP) is 2.75. The zero-order chi connectivity index (χ0) is 17.4. The highest BCUT2D eigenvalue weighted by Gasteiger charge is 2.41. The molecular weight excluding hydrogens is 312 g/mol. The summed E-state index contributed by atoms with van der Waals surface area (Å²) < 4.78 is 5.52. The Morgan fingerprint density at radius 1 is 1.16 bits per heavy atom. The quantitative estimate of drug-likeness (QED) is 0.851. The lowest BCUT2D eigenvalue weighted by Gasteiger charge is -2.45. The summed E-state index contributed by atoms with van der Waals surface area (Å²) in [7, 11) is 1.68. The zero-order valence-electron chi connectivity index (χ0n) is 14.8. The van der Waals surface area contributed by atoms with Gasteiger partial charge in [0.2, 0.25) is 5.91 Å². The lowest BCUT2D eigenvalue weighted by molar-refractivity contribution is -0.138. The summed E-state index contributed by atoms with van der Waals surface area (Å²) in [6.07, 6.45) is 6.23. The average molecular weight is 336 g/mol. The molecule has 0 N–H and O–H groups in total. The van der Waals surface area contributed by atoms with Crippen LogP contribution >= 0.6 is 0 Å². The number of benzene rings is 1. The second-order valence-corrected chi connectivity index (χ2v) is 7.02. The van der Waals surface area contributed by atoms with Gasteiger partial charge in [-0.1, -0.05) is 48.1 Å². The van der Waals surface area contributed by atoms with E-state index in [-0.39, 0.29) is 17.9 Å². The smallest absolute Gasteiger partial charge is 0.234 e. The van der Waals surface area contributed by atoms with Crippen molar-refractivity contribution in [3.63, 3.8) is 0 Å². The Labute approximate surface area is 149 Å². The number of piperazine rings is 1. The van der Waals surface area contributed by atoms with Crippen molar-refractivity contribution in [2.45, 2.75) is 19.5 Å². The molecule has 2 unspecified atom stereocenters. The van der Waals surface area contributed by atoms with Crippen molar-refractivity contribution in [3.05, 3.63) is 71.0 Å².